The molecule has 0 unspecified atom stereocenters. The van der Waals surface area contributed by atoms with Crippen LogP contribution in [0.15, 0.2) is 24.3 Å². The van der Waals surface area contributed by atoms with Crippen LogP contribution in [0.3, 0.4) is 0 Å². The van der Waals surface area contributed by atoms with Crippen LogP contribution in [0, 0.1) is 5.41 Å². The number of carbonyl (C=O) groups excluding carboxylic acids is 2. The highest BCUT2D eigenvalue weighted by Crippen LogP contribution is 2.32. The number of hydrogen-bond donors (Lipinski definition) is 1. The number of nitrogens with zero attached hydrogens (tertiary/aromatic N) is 2. The van der Waals surface area contributed by atoms with Crippen LogP contribution in [0.1, 0.15) is 35.7 Å². The van der Waals surface area contributed by atoms with Crippen molar-refractivity contribution >= 4 is 24.2 Å². The number of amides is 2. The summed E-state index contributed by atoms with van der Waals surface area (Å²) in [7, 11) is 3.46. The summed E-state index contributed by atoms with van der Waals surface area (Å²) in [6.45, 7) is 4.64. The van der Waals surface area contributed by atoms with Gasteiger partial charge in [-0.05, 0) is 37.5 Å². The number of rotatable bonds is 6. The lowest BCUT2D eigenvalue weighted by molar-refractivity contribution is -0.147. The summed E-state index contributed by atoms with van der Waals surface area (Å²) in [6.07, 6.45) is 1.35. The van der Waals surface area contributed by atoms with Crippen molar-refractivity contribution in [2.75, 3.05) is 40.4 Å². The van der Waals surface area contributed by atoms with Crippen molar-refractivity contribution in [2.45, 2.75) is 26.3 Å². The first-order valence-corrected chi connectivity index (χ1v) is 8.81. The lowest BCUT2D eigenvalue weighted by Crippen LogP contribution is -2.50. The first-order valence-electron chi connectivity index (χ1n) is 8.81. The van der Waals surface area contributed by atoms with E-state index in [-0.39, 0.29) is 24.2 Å². The molecule has 0 radical (unpaired) electrons. The van der Waals surface area contributed by atoms with E-state index in [1.165, 1.54) is 0 Å². The predicted octanol–water partition coefficient (Wildman–Crippen LogP) is 1.91. The normalized spacial score (nSPS) is 15.7. The highest BCUT2D eigenvalue weighted by molar-refractivity contribution is 5.93. The quantitative estimate of drug-likeness (QED) is 0.814. The predicted molar refractivity (Wildman–Crippen MR) is 104 cm³/mol. The number of benzene rings is 1. The lowest BCUT2D eigenvalue weighted by atomic mass is 9.78. The van der Waals surface area contributed by atoms with Crippen molar-refractivity contribution in [1.82, 2.24) is 9.80 Å². The van der Waals surface area contributed by atoms with Gasteiger partial charge in [0.1, 0.15) is 0 Å². The van der Waals surface area contributed by atoms with Crippen LogP contribution in [0.5, 0.6) is 0 Å². The summed E-state index contributed by atoms with van der Waals surface area (Å²) >= 11 is 0. The van der Waals surface area contributed by atoms with Gasteiger partial charge in [-0.25, -0.2) is 0 Å². The second-order valence-electron chi connectivity index (χ2n) is 6.81. The topological polar surface area (TPSA) is 75.9 Å². The van der Waals surface area contributed by atoms with E-state index >= 15 is 0 Å². The van der Waals surface area contributed by atoms with E-state index in [2.05, 4.69) is 0 Å². The molecule has 1 aromatic carbocycles. The minimum absolute atomic E-state index is 0. The first-order chi connectivity index (χ1) is 11.9. The van der Waals surface area contributed by atoms with E-state index in [0.717, 1.165) is 5.56 Å². The van der Waals surface area contributed by atoms with E-state index in [9.17, 15) is 9.59 Å². The molecular formula is C19H30ClN3O3. The molecule has 146 valence electrons. The molecule has 0 saturated carbocycles. The smallest absolute Gasteiger partial charge is 0.253 e. The Hall–Kier alpha value is -1.63. The largest absolute Gasteiger partial charge is 0.381 e. The third kappa shape index (κ3) is 4.96. The van der Waals surface area contributed by atoms with Gasteiger partial charge in [0.25, 0.3) is 5.91 Å². The SMILES string of the molecule is CCN(Cc1ccc(C(=O)N(C)C)cc1)C(=O)C1(CN)CCOCC1.Cl. The zero-order valence-corrected chi connectivity index (χ0v) is 16.7. The van der Waals surface area contributed by atoms with Gasteiger partial charge < -0.3 is 20.3 Å². The van der Waals surface area contributed by atoms with Crippen molar-refractivity contribution in [2.24, 2.45) is 11.1 Å². The van der Waals surface area contributed by atoms with Crippen molar-refractivity contribution in [3.8, 4) is 0 Å². The summed E-state index contributed by atoms with van der Waals surface area (Å²) < 4.78 is 5.40. The third-order valence-electron chi connectivity index (χ3n) is 4.94. The molecule has 1 aliphatic rings. The van der Waals surface area contributed by atoms with E-state index in [4.69, 9.17) is 10.5 Å². The Balaban J connectivity index is 0.00000338. The second-order valence-corrected chi connectivity index (χ2v) is 6.81. The molecule has 1 saturated heterocycles. The van der Waals surface area contributed by atoms with E-state index in [1.807, 2.05) is 36.1 Å². The Bertz CT molecular complexity index is 599. The van der Waals surface area contributed by atoms with E-state index < -0.39 is 5.41 Å². The van der Waals surface area contributed by atoms with Gasteiger partial charge in [-0.2, -0.15) is 0 Å². The zero-order chi connectivity index (χ0) is 18.4. The number of carbonyl (C=O) groups is 2. The molecule has 0 aromatic heterocycles. The van der Waals surface area contributed by atoms with Crippen LogP contribution >= 0.6 is 12.4 Å². The summed E-state index contributed by atoms with van der Waals surface area (Å²) in [5, 5.41) is 0. The number of ether oxygens (including phenoxy) is 1. The molecule has 1 heterocycles. The summed E-state index contributed by atoms with van der Waals surface area (Å²) in [6, 6.07) is 7.43. The van der Waals surface area contributed by atoms with Crippen molar-refractivity contribution in [3.05, 3.63) is 35.4 Å². The molecule has 1 aromatic rings. The lowest BCUT2D eigenvalue weighted by Gasteiger charge is -2.38. The fourth-order valence-electron chi connectivity index (χ4n) is 3.16. The third-order valence-corrected chi connectivity index (χ3v) is 4.94. The molecule has 1 fully saturated rings. The molecule has 0 atom stereocenters. The molecule has 2 N–H and O–H groups in total. The molecular weight excluding hydrogens is 354 g/mol. The second kappa shape index (κ2) is 9.90. The fourth-order valence-corrected chi connectivity index (χ4v) is 3.16. The zero-order valence-electron chi connectivity index (χ0n) is 15.9. The van der Waals surface area contributed by atoms with E-state index in [1.54, 1.807) is 19.0 Å². The number of halogens is 1. The minimum Gasteiger partial charge on any atom is -0.381 e. The molecule has 26 heavy (non-hydrogen) atoms. The van der Waals surface area contributed by atoms with E-state index in [0.29, 0.717) is 51.3 Å². The van der Waals surface area contributed by atoms with Crippen LogP contribution in [-0.2, 0) is 16.1 Å². The van der Waals surface area contributed by atoms with Gasteiger partial charge in [-0.15, -0.1) is 12.4 Å². The maximum Gasteiger partial charge on any atom is 0.253 e. The Kier molecular flexibility index (Phi) is 8.53. The highest BCUT2D eigenvalue weighted by atomic mass is 35.5. The molecule has 0 aliphatic carbocycles. The van der Waals surface area contributed by atoms with Crippen molar-refractivity contribution in [3.63, 3.8) is 0 Å². The maximum atomic E-state index is 13.1. The van der Waals surface area contributed by atoms with Crippen LogP contribution in [0.2, 0.25) is 0 Å². The fraction of sp³-hybridized carbons (Fsp3) is 0.579. The molecule has 2 rings (SSSR count). The van der Waals surface area contributed by atoms with Gasteiger partial charge in [0.2, 0.25) is 5.91 Å². The van der Waals surface area contributed by atoms with Gasteiger partial charge in [0, 0.05) is 52.5 Å². The van der Waals surface area contributed by atoms with Crippen molar-refractivity contribution < 1.29 is 14.3 Å². The molecule has 7 heteroatoms. The molecule has 0 bridgehead atoms. The van der Waals surface area contributed by atoms with Crippen LogP contribution in [-0.4, -0.2) is 62.0 Å². The Labute approximate surface area is 162 Å². The van der Waals surface area contributed by atoms with Gasteiger partial charge in [-0.3, -0.25) is 9.59 Å². The van der Waals surface area contributed by atoms with Crippen molar-refractivity contribution in [1.29, 1.82) is 0 Å². The molecule has 6 nitrogen and oxygen atoms in total. The Morgan fingerprint density at radius 1 is 1.15 bits per heavy atom. The summed E-state index contributed by atoms with van der Waals surface area (Å²) in [5.41, 5.74) is 7.11. The van der Waals surface area contributed by atoms with Gasteiger partial charge in [0.15, 0.2) is 0 Å². The van der Waals surface area contributed by atoms with Gasteiger partial charge in [0.05, 0.1) is 5.41 Å². The summed E-state index contributed by atoms with van der Waals surface area (Å²) in [5.74, 6) is 0.0773. The average molecular weight is 384 g/mol. The summed E-state index contributed by atoms with van der Waals surface area (Å²) in [4.78, 5) is 28.4. The Morgan fingerprint density at radius 3 is 2.19 bits per heavy atom. The highest BCUT2D eigenvalue weighted by Gasteiger charge is 2.41. The minimum atomic E-state index is -0.505. The monoisotopic (exact) mass is 383 g/mol. The van der Waals surface area contributed by atoms with Crippen LogP contribution < -0.4 is 5.73 Å². The number of nitrogens with two attached hydrogens (primary N) is 1. The van der Waals surface area contributed by atoms with Crippen LogP contribution in [0.4, 0.5) is 0 Å². The standard InChI is InChI=1S/C19H29N3O3.ClH/c1-4-22(18(24)19(14-20)9-11-25-12-10-19)13-15-5-7-16(8-6-15)17(23)21(2)3;/h5-8H,4,9-14,20H2,1-3H3;1H. The first kappa shape index (κ1) is 22.4. The molecule has 1 aliphatic heterocycles. The van der Waals surface area contributed by atoms with Gasteiger partial charge >= 0.3 is 0 Å². The average Bonchev–Trinajstić information content (AvgIpc) is 2.65. The maximum absolute atomic E-state index is 13.1. The molecule has 0 spiro atoms. The van der Waals surface area contributed by atoms with Gasteiger partial charge in [-0.1, -0.05) is 12.1 Å². The molecule has 2 amide bonds. The van der Waals surface area contributed by atoms with Crippen LogP contribution in [0.25, 0.3) is 0 Å². The number of hydrogen-bond acceptors (Lipinski definition) is 4. The Morgan fingerprint density at radius 2 is 1.73 bits per heavy atom.